The molecule has 0 bridgehead atoms. The van der Waals surface area contributed by atoms with E-state index in [0.29, 0.717) is 19.5 Å². The molecule has 1 aromatic carbocycles. The highest BCUT2D eigenvalue weighted by Gasteiger charge is 2.41. The van der Waals surface area contributed by atoms with Crippen molar-refractivity contribution in [2.75, 3.05) is 18.0 Å². The Morgan fingerprint density at radius 1 is 1.42 bits per heavy atom. The first-order chi connectivity index (χ1) is 12.3. The average Bonchev–Trinajstić information content (AvgIpc) is 3.14. The molecule has 1 saturated carbocycles. The number of carboxylic acids is 1. The van der Waals surface area contributed by atoms with Crippen LogP contribution >= 0.6 is 11.6 Å². The van der Waals surface area contributed by atoms with Crippen molar-refractivity contribution in [3.05, 3.63) is 38.9 Å². The van der Waals surface area contributed by atoms with Crippen molar-refractivity contribution < 1.29 is 18.7 Å². The molecule has 2 unspecified atom stereocenters. The van der Waals surface area contributed by atoms with Gasteiger partial charge in [-0.2, -0.15) is 0 Å². The molecule has 1 saturated heterocycles. The standard InChI is InChI=1S/C17H16ClF2N3O3/c18-13-14-8(3-11(20)15(13)22-2-1-7(21)5-22)16(24)9(17(25)26)6-23(14)12-4-10(12)19/h3,6-7,10,12H,1-2,4-5,21H2,(H,25,26)/t7-,10?,12?/m0/s1. The van der Waals surface area contributed by atoms with Gasteiger partial charge in [-0.05, 0) is 12.5 Å². The van der Waals surface area contributed by atoms with Crippen LogP contribution in [0.3, 0.4) is 0 Å². The molecular formula is C17H16ClF2N3O3. The highest BCUT2D eigenvalue weighted by molar-refractivity contribution is 6.38. The number of hydrogen-bond acceptors (Lipinski definition) is 4. The molecule has 1 aliphatic carbocycles. The van der Waals surface area contributed by atoms with E-state index >= 15 is 0 Å². The number of pyridine rings is 1. The Hall–Kier alpha value is -2.19. The summed E-state index contributed by atoms with van der Waals surface area (Å²) in [5.74, 6) is -2.18. The molecule has 9 heteroatoms. The maximum atomic E-state index is 14.8. The number of aromatic carboxylic acids is 1. The van der Waals surface area contributed by atoms with Crippen LogP contribution in [0.5, 0.6) is 0 Å². The third-order valence-electron chi connectivity index (χ3n) is 4.99. The molecule has 2 fully saturated rings. The number of alkyl halides is 1. The van der Waals surface area contributed by atoms with Gasteiger partial charge in [0.05, 0.1) is 27.7 Å². The summed E-state index contributed by atoms with van der Waals surface area (Å²) in [7, 11) is 0. The van der Waals surface area contributed by atoms with Crippen molar-refractivity contribution in [2.45, 2.75) is 31.1 Å². The molecule has 2 aromatic rings. The lowest BCUT2D eigenvalue weighted by Crippen LogP contribution is -2.27. The molecule has 0 spiro atoms. The molecule has 1 aromatic heterocycles. The average molecular weight is 384 g/mol. The van der Waals surface area contributed by atoms with Crippen molar-refractivity contribution in [1.82, 2.24) is 4.57 Å². The number of nitrogens with zero attached hydrogens (tertiary/aromatic N) is 2. The summed E-state index contributed by atoms with van der Waals surface area (Å²) in [4.78, 5) is 25.6. The SMILES string of the molecule is N[C@H]1CCN(c2c(F)cc3c(=O)c(C(=O)O)cn(C4CC4F)c3c2Cl)C1. The van der Waals surface area contributed by atoms with E-state index in [4.69, 9.17) is 17.3 Å². The van der Waals surface area contributed by atoms with E-state index in [9.17, 15) is 23.5 Å². The fourth-order valence-electron chi connectivity index (χ4n) is 3.57. The molecule has 26 heavy (non-hydrogen) atoms. The largest absolute Gasteiger partial charge is 0.477 e. The van der Waals surface area contributed by atoms with Gasteiger partial charge in [0.1, 0.15) is 17.6 Å². The summed E-state index contributed by atoms with van der Waals surface area (Å²) in [6, 6.07) is 0.255. The van der Waals surface area contributed by atoms with Gasteiger partial charge in [-0.3, -0.25) is 4.79 Å². The van der Waals surface area contributed by atoms with Gasteiger partial charge in [-0.1, -0.05) is 11.6 Å². The van der Waals surface area contributed by atoms with Gasteiger partial charge in [-0.25, -0.2) is 13.6 Å². The zero-order valence-electron chi connectivity index (χ0n) is 13.6. The van der Waals surface area contributed by atoms with Crippen LogP contribution in [-0.2, 0) is 0 Å². The number of halogens is 3. The lowest BCUT2D eigenvalue weighted by molar-refractivity contribution is 0.0694. The number of aromatic nitrogens is 1. The quantitative estimate of drug-likeness (QED) is 0.849. The fraction of sp³-hybridized carbons (Fsp3) is 0.412. The third-order valence-corrected chi connectivity index (χ3v) is 5.35. The molecule has 1 aliphatic heterocycles. The molecule has 6 nitrogen and oxygen atoms in total. The van der Waals surface area contributed by atoms with E-state index in [1.165, 1.54) is 4.57 Å². The van der Waals surface area contributed by atoms with Crippen LogP contribution in [0.4, 0.5) is 14.5 Å². The molecule has 0 amide bonds. The second-order valence-electron chi connectivity index (χ2n) is 6.82. The number of rotatable bonds is 3. The van der Waals surface area contributed by atoms with Gasteiger partial charge in [-0.15, -0.1) is 0 Å². The molecule has 3 N–H and O–H groups in total. The minimum atomic E-state index is -1.45. The Morgan fingerprint density at radius 2 is 2.12 bits per heavy atom. The number of carbonyl (C=O) groups is 1. The monoisotopic (exact) mass is 383 g/mol. The van der Waals surface area contributed by atoms with Crippen LogP contribution in [0.15, 0.2) is 17.1 Å². The van der Waals surface area contributed by atoms with Crippen LogP contribution in [0.25, 0.3) is 10.9 Å². The smallest absolute Gasteiger partial charge is 0.341 e. The van der Waals surface area contributed by atoms with Crippen molar-refractivity contribution in [3.63, 3.8) is 0 Å². The van der Waals surface area contributed by atoms with Gasteiger partial charge < -0.3 is 20.3 Å². The number of carboxylic acid groups (broad SMARTS) is 1. The summed E-state index contributed by atoms with van der Waals surface area (Å²) in [5.41, 5.74) is 4.77. The first-order valence-corrected chi connectivity index (χ1v) is 8.62. The molecular weight excluding hydrogens is 368 g/mol. The van der Waals surface area contributed by atoms with E-state index in [1.54, 1.807) is 4.90 Å². The fourth-order valence-corrected chi connectivity index (χ4v) is 3.97. The minimum absolute atomic E-state index is 0.0257. The normalized spacial score (nSPS) is 25.1. The van der Waals surface area contributed by atoms with Crippen LogP contribution in [0.2, 0.25) is 5.02 Å². The van der Waals surface area contributed by atoms with Gasteiger partial charge in [0.2, 0.25) is 5.43 Å². The summed E-state index contributed by atoms with van der Waals surface area (Å²) in [5, 5.41) is 9.06. The zero-order chi connectivity index (χ0) is 18.7. The Morgan fingerprint density at radius 3 is 2.65 bits per heavy atom. The van der Waals surface area contributed by atoms with E-state index in [1.807, 2.05) is 0 Å². The first kappa shape index (κ1) is 17.2. The molecule has 4 rings (SSSR count). The topological polar surface area (TPSA) is 88.6 Å². The highest BCUT2D eigenvalue weighted by Crippen LogP contribution is 2.44. The molecule has 138 valence electrons. The van der Waals surface area contributed by atoms with Crippen molar-refractivity contribution in [2.24, 2.45) is 5.73 Å². The maximum absolute atomic E-state index is 14.8. The Balaban J connectivity index is 2.03. The van der Waals surface area contributed by atoms with Gasteiger partial charge in [0, 0.05) is 31.7 Å². The predicted molar refractivity (Wildman–Crippen MR) is 93.5 cm³/mol. The summed E-state index contributed by atoms with van der Waals surface area (Å²) < 4.78 is 29.8. The van der Waals surface area contributed by atoms with Crippen LogP contribution in [0.1, 0.15) is 29.2 Å². The minimum Gasteiger partial charge on any atom is -0.477 e. The van der Waals surface area contributed by atoms with Crippen LogP contribution < -0.4 is 16.1 Å². The van der Waals surface area contributed by atoms with Crippen molar-refractivity contribution >= 4 is 34.2 Å². The summed E-state index contributed by atoms with van der Waals surface area (Å²) in [6.07, 6.45) is 0.801. The van der Waals surface area contributed by atoms with Gasteiger partial charge in [0.15, 0.2) is 0 Å². The maximum Gasteiger partial charge on any atom is 0.341 e. The lowest BCUT2D eigenvalue weighted by Gasteiger charge is -2.23. The predicted octanol–water partition coefficient (Wildman–Crippen LogP) is 2.31. The van der Waals surface area contributed by atoms with Crippen LogP contribution in [0, 0.1) is 5.82 Å². The molecule has 3 atom stereocenters. The summed E-state index contributed by atoms with van der Waals surface area (Å²) >= 11 is 6.45. The molecule has 2 aliphatic rings. The Bertz CT molecular complexity index is 994. The van der Waals surface area contributed by atoms with E-state index in [2.05, 4.69) is 0 Å². The van der Waals surface area contributed by atoms with Crippen molar-refractivity contribution in [3.8, 4) is 0 Å². The number of fused-ring (bicyclic) bond motifs is 1. The van der Waals surface area contributed by atoms with E-state index in [-0.39, 0.29) is 34.1 Å². The van der Waals surface area contributed by atoms with Gasteiger partial charge in [0.25, 0.3) is 0 Å². The third kappa shape index (κ3) is 2.55. The molecule has 2 heterocycles. The van der Waals surface area contributed by atoms with E-state index < -0.39 is 35.0 Å². The summed E-state index contributed by atoms with van der Waals surface area (Å²) in [6.45, 7) is 0.921. The highest BCUT2D eigenvalue weighted by atomic mass is 35.5. The number of benzene rings is 1. The molecule has 0 radical (unpaired) electrons. The Kier molecular flexibility index (Phi) is 3.92. The lowest BCUT2D eigenvalue weighted by atomic mass is 10.1. The first-order valence-electron chi connectivity index (χ1n) is 8.24. The number of anilines is 1. The van der Waals surface area contributed by atoms with E-state index in [0.717, 1.165) is 12.3 Å². The Labute approximate surface area is 151 Å². The second kappa shape index (κ2) is 5.92. The van der Waals surface area contributed by atoms with Gasteiger partial charge >= 0.3 is 5.97 Å². The second-order valence-corrected chi connectivity index (χ2v) is 7.19. The van der Waals surface area contributed by atoms with Crippen molar-refractivity contribution in [1.29, 1.82) is 0 Å². The zero-order valence-corrected chi connectivity index (χ0v) is 14.3. The van der Waals surface area contributed by atoms with Crippen LogP contribution in [-0.4, -0.2) is 40.9 Å². The number of hydrogen-bond donors (Lipinski definition) is 2. The number of nitrogens with two attached hydrogens (primary N) is 1.